The molecule has 1 heterocycles. The van der Waals surface area contributed by atoms with Crippen molar-refractivity contribution < 1.29 is 19.4 Å². The molecular formula is C13H13N3O4. The van der Waals surface area contributed by atoms with Crippen LogP contribution in [-0.4, -0.2) is 35.5 Å². The van der Waals surface area contributed by atoms with Crippen LogP contribution < -0.4 is 14.8 Å². The molecule has 0 atom stereocenters. The molecule has 7 heteroatoms. The molecule has 0 fully saturated rings. The summed E-state index contributed by atoms with van der Waals surface area (Å²) in [4.78, 5) is 11.2. The zero-order valence-corrected chi connectivity index (χ0v) is 11.0. The van der Waals surface area contributed by atoms with E-state index in [-0.39, 0.29) is 17.3 Å². The van der Waals surface area contributed by atoms with Gasteiger partial charge < -0.3 is 19.9 Å². The van der Waals surface area contributed by atoms with Crippen molar-refractivity contribution in [1.82, 2.24) is 10.2 Å². The number of ether oxygens (including phenoxy) is 2. The minimum atomic E-state index is -1.13. The molecule has 7 nitrogen and oxygen atoms in total. The van der Waals surface area contributed by atoms with Crippen LogP contribution in [0.1, 0.15) is 10.4 Å². The average Bonchev–Trinajstić information content (AvgIpc) is 2.48. The summed E-state index contributed by atoms with van der Waals surface area (Å²) in [5.41, 5.74) is 0.555. The third-order valence-electron chi connectivity index (χ3n) is 2.57. The van der Waals surface area contributed by atoms with Crippen LogP contribution in [0.3, 0.4) is 0 Å². The molecule has 104 valence electrons. The number of anilines is 2. The number of nitrogens with zero attached hydrogens (tertiary/aromatic N) is 2. The number of methoxy groups -OCH3 is 2. The fourth-order valence-corrected chi connectivity index (χ4v) is 1.60. The largest absolute Gasteiger partial charge is 0.495 e. The van der Waals surface area contributed by atoms with Crippen molar-refractivity contribution in [3.05, 3.63) is 35.9 Å². The Bertz CT molecular complexity index is 631. The highest BCUT2D eigenvalue weighted by Crippen LogP contribution is 2.28. The number of benzene rings is 1. The topological polar surface area (TPSA) is 93.6 Å². The fraction of sp³-hybridized carbons (Fsp3) is 0.154. The summed E-state index contributed by atoms with van der Waals surface area (Å²) in [7, 11) is 2.92. The Morgan fingerprint density at radius 3 is 2.60 bits per heavy atom. The van der Waals surface area contributed by atoms with Crippen molar-refractivity contribution in [3.8, 4) is 11.6 Å². The molecular weight excluding hydrogens is 262 g/mol. The number of carbonyl (C=O) groups is 1. The Labute approximate surface area is 115 Å². The van der Waals surface area contributed by atoms with Gasteiger partial charge in [-0.2, -0.15) is 0 Å². The Morgan fingerprint density at radius 1 is 1.20 bits per heavy atom. The molecule has 1 aromatic heterocycles. The molecule has 0 aliphatic rings. The van der Waals surface area contributed by atoms with E-state index in [1.165, 1.54) is 20.3 Å². The highest BCUT2D eigenvalue weighted by Gasteiger charge is 2.15. The minimum Gasteiger partial charge on any atom is -0.495 e. The van der Waals surface area contributed by atoms with Gasteiger partial charge in [0.05, 0.1) is 19.9 Å². The second-order valence-corrected chi connectivity index (χ2v) is 3.78. The predicted molar refractivity (Wildman–Crippen MR) is 71.8 cm³/mol. The maximum absolute atomic E-state index is 11.2. The second-order valence-electron chi connectivity index (χ2n) is 3.78. The Hall–Kier alpha value is -2.83. The normalized spacial score (nSPS) is 9.90. The van der Waals surface area contributed by atoms with Gasteiger partial charge in [-0.3, -0.25) is 0 Å². The number of rotatable bonds is 5. The van der Waals surface area contributed by atoms with Gasteiger partial charge in [-0.15, -0.1) is 10.2 Å². The van der Waals surface area contributed by atoms with E-state index >= 15 is 0 Å². The number of carboxylic acid groups (broad SMARTS) is 1. The molecule has 0 aliphatic carbocycles. The van der Waals surface area contributed by atoms with Crippen LogP contribution in [0.15, 0.2) is 30.3 Å². The first-order valence-corrected chi connectivity index (χ1v) is 5.70. The zero-order chi connectivity index (χ0) is 14.5. The van der Waals surface area contributed by atoms with E-state index < -0.39 is 5.97 Å². The lowest BCUT2D eigenvalue weighted by Crippen LogP contribution is -2.07. The van der Waals surface area contributed by atoms with Crippen LogP contribution in [0.4, 0.5) is 11.5 Å². The molecule has 0 aliphatic heterocycles. The molecule has 0 saturated carbocycles. The summed E-state index contributed by atoms with van der Waals surface area (Å²) in [6.45, 7) is 0. The van der Waals surface area contributed by atoms with Gasteiger partial charge in [-0.1, -0.05) is 12.1 Å². The van der Waals surface area contributed by atoms with Crippen LogP contribution in [-0.2, 0) is 0 Å². The number of hydrogen-bond acceptors (Lipinski definition) is 6. The molecule has 0 unspecified atom stereocenters. The van der Waals surface area contributed by atoms with Gasteiger partial charge in [0.15, 0.2) is 5.82 Å². The van der Waals surface area contributed by atoms with E-state index in [9.17, 15) is 9.90 Å². The lowest BCUT2D eigenvalue weighted by atomic mass is 10.2. The Balaban J connectivity index is 2.40. The van der Waals surface area contributed by atoms with Crippen LogP contribution in [0, 0.1) is 0 Å². The van der Waals surface area contributed by atoms with E-state index in [2.05, 4.69) is 15.5 Å². The fourth-order valence-electron chi connectivity index (χ4n) is 1.60. The summed E-state index contributed by atoms with van der Waals surface area (Å²) >= 11 is 0. The van der Waals surface area contributed by atoms with Crippen molar-refractivity contribution in [2.45, 2.75) is 0 Å². The molecule has 2 aromatic rings. The first-order valence-electron chi connectivity index (χ1n) is 5.70. The predicted octanol–water partition coefficient (Wildman–Crippen LogP) is 1.94. The molecule has 0 saturated heterocycles. The van der Waals surface area contributed by atoms with E-state index in [1.807, 2.05) is 6.07 Å². The van der Waals surface area contributed by atoms with Gasteiger partial charge in [-0.25, -0.2) is 4.79 Å². The van der Waals surface area contributed by atoms with Crippen molar-refractivity contribution in [2.75, 3.05) is 19.5 Å². The van der Waals surface area contributed by atoms with E-state index in [0.717, 1.165) is 0 Å². The van der Waals surface area contributed by atoms with Crippen molar-refractivity contribution in [1.29, 1.82) is 0 Å². The van der Waals surface area contributed by atoms with Gasteiger partial charge in [0, 0.05) is 6.07 Å². The second kappa shape index (κ2) is 5.87. The van der Waals surface area contributed by atoms with Crippen LogP contribution in [0.25, 0.3) is 0 Å². The number of para-hydroxylation sites is 2. The molecule has 0 bridgehead atoms. The van der Waals surface area contributed by atoms with E-state index in [4.69, 9.17) is 9.47 Å². The summed E-state index contributed by atoms with van der Waals surface area (Å²) in [5, 5.41) is 19.7. The summed E-state index contributed by atoms with van der Waals surface area (Å²) in [6.07, 6.45) is 0. The molecule has 0 spiro atoms. The van der Waals surface area contributed by atoms with Gasteiger partial charge in [-0.05, 0) is 12.1 Å². The number of carboxylic acids is 1. The van der Waals surface area contributed by atoms with Crippen molar-refractivity contribution in [2.24, 2.45) is 0 Å². The lowest BCUT2D eigenvalue weighted by Gasteiger charge is -2.11. The highest BCUT2D eigenvalue weighted by molar-refractivity contribution is 5.94. The molecule has 1 aromatic carbocycles. The van der Waals surface area contributed by atoms with Crippen LogP contribution in [0.5, 0.6) is 11.6 Å². The minimum absolute atomic E-state index is 0.0391. The van der Waals surface area contributed by atoms with Gasteiger partial charge in [0.25, 0.3) is 0 Å². The number of hydrogen-bond donors (Lipinski definition) is 2. The molecule has 2 N–H and O–H groups in total. The first kappa shape index (κ1) is 13.6. The lowest BCUT2D eigenvalue weighted by molar-refractivity contribution is 0.0697. The van der Waals surface area contributed by atoms with Crippen LogP contribution >= 0.6 is 0 Å². The van der Waals surface area contributed by atoms with E-state index in [0.29, 0.717) is 11.4 Å². The molecule has 20 heavy (non-hydrogen) atoms. The number of aromatic carboxylic acids is 1. The van der Waals surface area contributed by atoms with Gasteiger partial charge in [0.2, 0.25) is 5.88 Å². The number of aromatic nitrogens is 2. The maximum Gasteiger partial charge on any atom is 0.339 e. The zero-order valence-electron chi connectivity index (χ0n) is 11.0. The summed E-state index contributed by atoms with van der Waals surface area (Å²) in [6, 6.07) is 8.40. The van der Waals surface area contributed by atoms with Gasteiger partial charge >= 0.3 is 5.97 Å². The van der Waals surface area contributed by atoms with Crippen molar-refractivity contribution in [3.63, 3.8) is 0 Å². The standard InChI is InChI=1S/C13H13N3O4/c1-19-10-6-4-3-5-9(10)14-12-8(13(17)18)7-11(20-2)15-16-12/h3-7H,1-2H3,(H,14,16)(H,17,18). The third-order valence-corrected chi connectivity index (χ3v) is 2.57. The average molecular weight is 275 g/mol. The monoisotopic (exact) mass is 275 g/mol. The summed E-state index contributed by atoms with van der Waals surface area (Å²) < 4.78 is 10.0. The molecule has 0 radical (unpaired) electrons. The Morgan fingerprint density at radius 2 is 1.95 bits per heavy atom. The van der Waals surface area contributed by atoms with Crippen LogP contribution in [0.2, 0.25) is 0 Å². The summed E-state index contributed by atoms with van der Waals surface area (Å²) in [5.74, 6) is -0.312. The van der Waals surface area contributed by atoms with Gasteiger partial charge in [0.1, 0.15) is 11.3 Å². The smallest absolute Gasteiger partial charge is 0.339 e. The SMILES string of the molecule is COc1cc(C(=O)O)c(Nc2ccccc2OC)nn1. The Kier molecular flexibility index (Phi) is 3.99. The highest BCUT2D eigenvalue weighted by atomic mass is 16.5. The number of nitrogens with one attached hydrogen (secondary N) is 1. The molecule has 2 rings (SSSR count). The maximum atomic E-state index is 11.2. The van der Waals surface area contributed by atoms with E-state index in [1.54, 1.807) is 18.2 Å². The molecule has 0 amide bonds. The quantitative estimate of drug-likeness (QED) is 0.861. The third kappa shape index (κ3) is 2.77. The van der Waals surface area contributed by atoms with Crippen molar-refractivity contribution >= 4 is 17.5 Å². The first-order chi connectivity index (χ1) is 9.65.